The molecule has 0 saturated carbocycles. The minimum atomic E-state index is -0.0411. The first-order valence-corrected chi connectivity index (χ1v) is 6.74. The largest absolute Gasteiger partial charge is 0.465 e. The molecule has 0 fully saturated rings. The number of ether oxygens (including phenoxy) is 1. The van der Waals surface area contributed by atoms with Crippen LogP contribution < -0.4 is 0 Å². The van der Waals surface area contributed by atoms with E-state index in [1.807, 2.05) is 6.07 Å². The van der Waals surface area contributed by atoms with Gasteiger partial charge in [0.1, 0.15) is 11.9 Å². The third-order valence-corrected chi connectivity index (χ3v) is 4.97. The maximum Gasteiger partial charge on any atom is 0.147 e. The summed E-state index contributed by atoms with van der Waals surface area (Å²) in [5, 5.41) is 0. The average molecular weight is 299 g/mol. The van der Waals surface area contributed by atoms with E-state index in [2.05, 4.69) is 42.8 Å². The topological polar surface area (TPSA) is 22.4 Å². The van der Waals surface area contributed by atoms with Gasteiger partial charge in [-0.2, -0.15) is 0 Å². The van der Waals surface area contributed by atoms with E-state index < -0.39 is 0 Å². The van der Waals surface area contributed by atoms with Crippen LogP contribution in [0.5, 0.6) is 0 Å². The predicted molar refractivity (Wildman–Crippen MR) is 71.8 cm³/mol. The summed E-state index contributed by atoms with van der Waals surface area (Å²) in [5.74, 6) is 1.45. The number of rotatable bonds is 3. The van der Waals surface area contributed by atoms with E-state index in [0.29, 0.717) is 5.92 Å². The van der Waals surface area contributed by atoms with Crippen LogP contribution in [0.4, 0.5) is 0 Å². The van der Waals surface area contributed by atoms with Crippen molar-refractivity contribution < 1.29 is 9.15 Å². The van der Waals surface area contributed by atoms with Crippen LogP contribution >= 0.6 is 15.9 Å². The molecule has 17 heavy (non-hydrogen) atoms. The highest BCUT2D eigenvalue weighted by molar-refractivity contribution is 9.10. The molecule has 0 saturated heterocycles. The second kappa shape index (κ2) is 4.62. The van der Waals surface area contributed by atoms with Gasteiger partial charge < -0.3 is 9.15 Å². The minimum absolute atomic E-state index is 0.00905. The Bertz CT molecular complexity index is 435. The van der Waals surface area contributed by atoms with Crippen LogP contribution in [0.2, 0.25) is 0 Å². The fourth-order valence-corrected chi connectivity index (χ4v) is 3.20. The molecule has 0 unspecified atom stereocenters. The molecule has 1 aromatic heterocycles. The van der Waals surface area contributed by atoms with E-state index >= 15 is 0 Å². The number of furan rings is 1. The van der Waals surface area contributed by atoms with Gasteiger partial charge in [-0.05, 0) is 41.3 Å². The molecule has 1 aliphatic carbocycles. The van der Waals surface area contributed by atoms with Crippen LogP contribution in [-0.2, 0) is 4.74 Å². The van der Waals surface area contributed by atoms with Crippen LogP contribution in [0, 0.1) is 11.3 Å². The number of allylic oxidation sites excluding steroid dienone is 1. The molecule has 3 atom stereocenters. The lowest BCUT2D eigenvalue weighted by Crippen LogP contribution is -2.31. The summed E-state index contributed by atoms with van der Waals surface area (Å²) in [5.41, 5.74) is 1.40. The van der Waals surface area contributed by atoms with E-state index in [9.17, 15) is 0 Å². The van der Waals surface area contributed by atoms with Gasteiger partial charge in [0.2, 0.25) is 0 Å². The van der Waals surface area contributed by atoms with Gasteiger partial charge in [0.15, 0.2) is 0 Å². The van der Waals surface area contributed by atoms with Crippen LogP contribution in [0.3, 0.4) is 0 Å². The molecule has 0 spiro atoms. The first kappa shape index (κ1) is 12.9. The SMILES string of the molecule is CO[C@H](c1occc1Br)[C@]1(C)C(C)=CC[C@H]1C. The van der Waals surface area contributed by atoms with Gasteiger partial charge in [0, 0.05) is 12.5 Å². The van der Waals surface area contributed by atoms with Crippen molar-refractivity contribution in [1.82, 2.24) is 0 Å². The summed E-state index contributed by atoms with van der Waals surface area (Å²) in [6.07, 6.45) is 5.09. The summed E-state index contributed by atoms with van der Waals surface area (Å²) in [6, 6.07) is 1.92. The molecule has 1 aliphatic rings. The molecule has 94 valence electrons. The number of halogens is 1. The van der Waals surface area contributed by atoms with Gasteiger partial charge in [-0.3, -0.25) is 0 Å². The lowest BCUT2D eigenvalue weighted by Gasteiger charge is -2.38. The van der Waals surface area contributed by atoms with Crippen molar-refractivity contribution in [1.29, 1.82) is 0 Å². The van der Waals surface area contributed by atoms with Crippen molar-refractivity contribution in [3.63, 3.8) is 0 Å². The van der Waals surface area contributed by atoms with Crippen molar-refractivity contribution in [2.75, 3.05) is 7.11 Å². The summed E-state index contributed by atoms with van der Waals surface area (Å²) in [7, 11) is 1.75. The molecule has 0 bridgehead atoms. The van der Waals surface area contributed by atoms with Crippen molar-refractivity contribution in [2.24, 2.45) is 11.3 Å². The first-order chi connectivity index (χ1) is 8.01. The lowest BCUT2D eigenvalue weighted by atomic mass is 9.71. The number of hydrogen-bond acceptors (Lipinski definition) is 2. The Morgan fingerprint density at radius 1 is 1.59 bits per heavy atom. The maximum atomic E-state index is 5.74. The first-order valence-electron chi connectivity index (χ1n) is 5.94. The molecule has 0 aromatic carbocycles. The summed E-state index contributed by atoms with van der Waals surface area (Å²) < 4.78 is 12.3. The van der Waals surface area contributed by atoms with Crippen LogP contribution in [0.25, 0.3) is 0 Å². The molecule has 1 heterocycles. The molecule has 0 amide bonds. The smallest absolute Gasteiger partial charge is 0.147 e. The standard InChI is InChI=1S/C14H19BrO2/c1-9-5-6-10(2)14(9,3)13(16-4)12-11(15)7-8-17-12/h5,7-8,10,13H,6H2,1-4H3/t10-,13-,14-/m1/s1. The number of hydrogen-bond donors (Lipinski definition) is 0. The van der Waals surface area contributed by atoms with Crippen molar-refractivity contribution in [3.05, 3.63) is 34.2 Å². The second-order valence-electron chi connectivity index (χ2n) is 5.06. The minimum Gasteiger partial charge on any atom is -0.465 e. The molecular formula is C14H19BrO2. The highest BCUT2D eigenvalue weighted by Gasteiger charge is 2.46. The fourth-order valence-electron chi connectivity index (χ4n) is 2.79. The van der Waals surface area contributed by atoms with Crippen molar-refractivity contribution in [2.45, 2.75) is 33.3 Å². The summed E-state index contributed by atoms with van der Waals surface area (Å²) in [4.78, 5) is 0. The maximum absolute atomic E-state index is 5.74. The molecule has 1 aromatic rings. The van der Waals surface area contributed by atoms with E-state index in [1.165, 1.54) is 5.57 Å². The molecule has 0 N–H and O–H groups in total. The zero-order valence-electron chi connectivity index (χ0n) is 10.8. The Labute approximate surface area is 111 Å². The van der Waals surface area contributed by atoms with Crippen LogP contribution in [0.1, 0.15) is 39.1 Å². The zero-order chi connectivity index (χ0) is 12.6. The highest BCUT2D eigenvalue weighted by atomic mass is 79.9. The monoisotopic (exact) mass is 298 g/mol. The van der Waals surface area contributed by atoms with Gasteiger partial charge in [-0.15, -0.1) is 0 Å². The van der Waals surface area contributed by atoms with Gasteiger partial charge >= 0.3 is 0 Å². The molecule has 0 radical (unpaired) electrons. The van der Waals surface area contributed by atoms with Crippen LogP contribution in [0.15, 0.2) is 32.9 Å². The Morgan fingerprint density at radius 2 is 2.29 bits per heavy atom. The predicted octanol–water partition coefficient (Wildman–Crippen LogP) is 4.72. The third kappa shape index (κ3) is 1.89. The van der Waals surface area contributed by atoms with E-state index in [1.54, 1.807) is 13.4 Å². The Kier molecular flexibility index (Phi) is 3.50. The van der Waals surface area contributed by atoms with Crippen LogP contribution in [-0.4, -0.2) is 7.11 Å². The van der Waals surface area contributed by atoms with Gasteiger partial charge in [0.05, 0.1) is 10.7 Å². The fraction of sp³-hybridized carbons (Fsp3) is 0.571. The lowest BCUT2D eigenvalue weighted by molar-refractivity contribution is -0.0212. The molecule has 2 nitrogen and oxygen atoms in total. The summed E-state index contributed by atoms with van der Waals surface area (Å²) >= 11 is 3.53. The van der Waals surface area contributed by atoms with E-state index in [0.717, 1.165) is 16.7 Å². The zero-order valence-corrected chi connectivity index (χ0v) is 12.4. The third-order valence-electron chi connectivity index (χ3n) is 4.31. The quantitative estimate of drug-likeness (QED) is 0.753. The van der Waals surface area contributed by atoms with Crippen molar-refractivity contribution in [3.8, 4) is 0 Å². The molecule has 3 heteroatoms. The highest BCUT2D eigenvalue weighted by Crippen LogP contribution is 2.53. The molecule has 2 rings (SSSR count). The van der Waals surface area contributed by atoms with Crippen molar-refractivity contribution >= 4 is 15.9 Å². The molecule has 0 aliphatic heterocycles. The number of methoxy groups -OCH3 is 1. The van der Waals surface area contributed by atoms with Gasteiger partial charge in [-0.25, -0.2) is 0 Å². The Balaban J connectivity index is 2.43. The second-order valence-corrected chi connectivity index (χ2v) is 5.91. The molecular weight excluding hydrogens is 280 g/mol. The van der Waals surface area contributed by atoms with E-state index in [-0.39, 0.29) is 11.5 Å². The normalized spacial score (nSPS) is 30.4. The van der Waals surface area contributed by atoms with E-state index in [4.69, 9.17) is 9.15 Å². The average Bonchev–Trinajstić information content (AvgIpc) is 2.81. The van der Waals surface area contributed by atoms with Gasteiger partial charge in [0.25, 0.3) is 0 Å². The Morgan fingerprint density at radius 3 is 2.71 bits per heavy atom. The Hall–Kier alpha value is -0.540. The summed E-state index contributed by atoms with van der Waals surface area (Å²) in [6.45, 7) is 6.72. The van der Waals surface area contributed by atoms with Gasteiger partial charge in [-0.1, -0.05) is 25.5 Å².